The molecule has 5 heteroatoms. The average Bonchev–Trinajstić information content (AvgIpc) is 2.61. The zero-order valence-electron chi connectivity index (χ0n) is 15.5. The lowest BCUT2D eigenvalue weighted by Gasteiger charge is -2.44. The number of amides is 2. The summed E-state index contributed by atoms with van der Waals surface area (Å²) in [6.07, 6.45) is 4.91. The fourth-order valence-corrected chi connectivity index (χ4v) is 3.94. The van der Waals surface area contributed by atoms with Gasteiger partial charge in [0.1, 0.15) is 5.54 Å². The molecule has 1 aromatic rings. The molecule has 25 heavy (non-hydrogen) atoms. The van der Waals surface area contributed by atoms with Crippen molar-refractivity contribution in [2.45, 2.75) is 57.5 Å². The van der Waals surface area contributed by atoms with Crippen molar-refractivity contribution >= 4 is 17.5 Å². The summed E-state index contributed by atoms with van der Waals surface area (Å²) in [5, 5.41) is 3.54. The van der Waals surface area contributed by atoms with Crippen molar-refractivity contribution in [2.75, 3.05) is 25.5 Å². The van der Waals surface area contributed by atoms with Gasteiger partial charge < -0.3 is 15.1 Å². The van der Waals surface area contributed by atoms with Gasteiger partial charge in [0.15, 0.2) is 0 Å². The van der Waals surface area contributed by atoms with Gasteiger partial charge in [0.2, 0.25) is 11.8 Å². The Morgan fingerprint density at radius 2 is 1.80 bits per heavy atom. The highest BCUT2D eigenvalue weighted by molar-refractivity contribution is 5.93. The SMILES string of the molecule is Cc1ccc(NC2(C(=O)N3CC(=O)N(C)[C@@H](C)C3)CCCCC2)cc1. The molecule has 0 aromatic heterocycles. The first-order valence-corrected chi connectivity index (χ1v) is 9.31. The Labute approximate surface area is 150 Å². The fraction of sp³-hybridized carbons (Fsp3) is 0.600. The average molecular weight is 343 g/mol. The third-order valence-corrected chi connectivity index (χ3v) is 5.70. The van der Waals surface area contributed by atoms with E-state index in [1.807, 2.05) is 26.1 Å². The van der Waals surface area contributed by atoms with Crippen molar-refractivity contribution in [1.82, 2.24) is 9.80 Å². The molecule has 1 aliphatic heterocycles. The fourth-order valence-electron chi connectivity index (χ4n) is 3.94. The third-order valence-electron chi connectivity index (χ3n) is 5.70. The number of aryl methyl sites for hydroxylation is 1. The number of anilines is 1. The Hall–Kier alpha value is -2.04. The van der Waals surface area contributed by atoms with Crippen molar-refractivity contribution in [3.05, 3.63) is 29.8 Å². The molecule has 0 spiro atoms. The highest BCUT2D eigenvalue weighted by atomic mass is 16.2. The van der Waals surface area contributed by atoms with E-state index in [0.717, 1.165) is 31.4 Å². The van der Waals surface area contributed by atoms with Crippen LogP contribution in [0.3, 0.4) is 0 Å². The summed E-state index contributed by atoms with van der Waals surface area (Å²) >= 11 is 0. The van der Waals surface area contributed by atoms with E-state index in [9.17, 15) is 9.59 Å². The molecule has 2 aliphatic rings. The van der Waals surface area contributed by atoms with Crippen LogP contribution >= 0.6 is 0 Å². The third kappa shape index (κ3) is 3.65. The van der Waals surface area contributed by atoms with Gasteiger partial charge in [-0.3, -0.25) is 9.59 Å². The van der Waals surface area contributed by atoms with E-state index in [4.69, 9.17) is 0 Å². The van der Waals surface area contributed by atoms with Crippen LogP contribution in [-0.4, -0.2) is 53.3 Å². The van der Waals surface area contributed by atoms with Gasteiger partial charge in [0.05, 0.1) is 6.54 Å². The van der Waals surface area contributed by atoms with E-state index in [-0.39, 0.29) is 24.4 Å². The van der Waals surface area contributed by atoms with Crippen LogP contribution in [0.5, 0.6) is 0 Å². The molecule has 1 heterocycles. The number of piperazine rings is 1. The number of likely N-dealkylation sites (N-methyl/N-ethyl adjacent to an activating group) is 1. The first-order valence-electron chi connectivity index (χ1n) is 9.31. The molecule has 1 saturated carbocycles. The highest BCUT2D eigenvalue weighted by Crippen LogP contribution is 2.34. The summed E-state index contributed by atoms with van der Waals surface area (Å²) in [5.41, 5.74) is 1.60. The molecular formula is C20H29N3O2. The second kappa shape index (κ2) is 7.06. The van der Waals surface area contributed by atoms with Crippen LogP contribution < -0.4 is 5.32 Å². The smallest absolute Gasteiger partial charge is 0.248 e. The number of hydrogen-bond acceptors (Lipinski definition) is 3. The first kappa shape index (κ1) is 17.8. The van der Waals surface area contributed by atoms with Crippen LogP contribution in [0.15, 0.2) is 24.3 Å². The lowest BCUT2D eigenvalue weighted by molar-refractivity contribution is -0.150. The number of benzene rings is 1. The quantitative estimate of drug-likeness (QED) is 0.918. The summed E-state index contributed by atoms with van der Waals surface area (Å²) in [4.78, 5) is 29.2. The zero-order chi connectivity index (χ0) is 18.0. The van der Waals surface area contributed by atoms with Gasteiger partial charge in [-0.1, -0.05) is 37.0 Å². The van der Waals surface area contributed by atoms with Crippen molar-refractivity contribution < 1.29 is 9.59 Å². The normalized spacial score (nSPS) is 23.5. The van der Waals surface area contributed by atoms with Crippen molar-refractivity contribution in [3.8, 4) is 0 Å². The van der Waals surface area contributed by atoms with Gasteiger partial charge in [-0.25, -0.2) is 0 Å². The summed E-state index contributed by atoms with van der Waals surface area (Å²) in [7, 11) is 1.82. The van der Waals surface area contributed by atoms with Crippen molar-refractivity contribution in [1.29, 1.82) is 0 Å². The van der Waals surface area contributed by atoms with E-state index in [0.29, 0.717) is 6.54 Å². The highest BCUT2D eigenvalue weighted by Gasteiger charge is 2.44. The minimum absolute atomic E-state index is 0.0217. The van der Waals surface area contributed by atoms with Gasteiger partial charge in [0.25, 0.3) is 0 Å². The molecular weight excluding hydrogens is 314 g/mol. The number of nitrogens with zero attached hydrogens (tertiary/aromatic N) is 2. The van der Waals surface area contributed by atoms with Crippen molar-refractivity contribution in [2.24, 2.45) is 0 Å². The number of hydrogen-bond donors (Lipinski definition) is 1. The number of carbonyl (C=O) groups is 2. The molecule has 1 saturated heterocycles. The standard InChI is InChI=1S/C20H29N3O2/c1-15-7-9-17(10-8-15)21-20(11-5-4-6-12-20)19(25)23-13-16(2)22(3)18(24)14-23/h7-10,16,21H,4-6,11-14H2,1-3H3/t16-/m0/s1. The maximum absolute atomic E-state index is 13.4. The molecule has 1 aliphatic carbocycles. The molecule has 1 aromatic carbocycles. The Balaban J connectivity index is 1.83. The Morgan fingerprint density at radius 3 is 2.40 bits per heavy atom. The summed E-state index contributed by atoms with van der Waals surface area (Å²) in [6.45, 7) is 4.86. The van der Waals surface area contributed by atoms with Crippen LogP contribution in [0.25, 0.3) is 0 Å². The minimum atomic E-state index is -0.580. The second-order valence-corrected chi connectivity index (χ2v) is 7.67. The lowest BCUT2D eigenvalue weighted by Crippen LogP contribution is -2.62. The molecule has 1 N–H and O–H groups in total. The first-order chi connectivity index (χ1) is 11.9. The predicted octanol–water partition coefficient (Wildman–Crippen LogP) is 2.80. The van der Waals surface area contributed by atoms with Crippen molar-refractivity contribution in [3.63, 3.8) is 0 Å². The zero-order valence-corrected chi connectivity index (χ0v) is 15.5. The molecule has 136 valence electrons. The number of rotatable bonds is 3. The van der Waals surface area contributed by atoms with E-state index >= 15 is 0 Å². The minimum Gasteiger partial charge on any atom is -0.371 e. The number of carbonyl (C=O) groups excluding carboxylic acids is 2. The Kier molecular flexibility index (Phi) is 5.02. The van der Waals surface area contributed by atoms with Crippen LogP contribution in [0, 0.1) is 6.92 Å². The van der Waals surface area contributed by atoms with E-state index in [1.54, 1.807) is 9.80 Å². The molecule has 3 rings (SSSR count). The van der Waals surface area contributed by atoms with Gasteiger partial charge >= 0.3 is 0 Å². The maximum Gasteiger partial charge on any atom is 0.248 e. The molecule has 0 unspecified atom stereocenters. The Bertz CT molecular complexity index is 635. The molecule has 2 amide bonds. The Morgan fingerprint density at radius 1 is 1.16 bits per heavy atom. The molecule has 5 nitrogen and oxygen atoms in total. The summed E-state index contributed by atoms with van der Waals surface area (Å²) in [5.74, 6) is 0.106. The van der Waals surface area contributed by atoms with Gasteiger partial charge in [0, 0.05) is 25.3 Å². The van der Waals surface area contributed by atoms with E-state index in [1.165, 1.54) is 12.0 Å². The van der Waals surface area contributed by atoms with Crippen LogP contribution in [0.1, 0.15) is 44.6 Å². The molecule has 1 atom stereocenters. The molecule has 0 radical (unpaired) electrons. The second-order valence-electron chi connectivity index (χ2n) is 7.67. The molecule has 2 fully saturated rings. The monoisotopic (exact) mass is 343 g/mol. The summed E-state index contributed by atoms with van der Waals surface area (Å²) < 4.78 is 0. The van der Waals surface area contributed by atoms with Gasteiger partial charge in [-0.05, 0) is 38.8 Å². The van der Waals surface area contributed by atoms with Gasteiger partial charge in [-0.2, -0.15) is 0 Å². The van der Waals surface area contributed by atoms with Crippen LogP contribution in [0.2, 0.25) is 0 Å². The van der Waals surface area contributed by atoms with Crippen LogP contribution in [-0.2, 0) is 9.59 Å². The lowest BCUT2D eigenvalue weighted by atomic mass is 9.80. The van der Waals surface area contributed by atoms with Gasteiger partial charge in [-0.15, -0.1) is 0 Å². The van der Waals surface area contributed by atoms with Crippen LogP contribution in [0.4, 0.5) is 5.69 Å². The largest absolute Gasteiger partial charge is 0.371 e. The van der Waals surface area contributed by atoms with E-state index in [2.05, 4.69) is 24.4 Å². The van der Waals surface area contributed by atoms with E-state index < -0.39 is 5.54 Å². The summed E-state index contributed by atoms with van der Waals surface area (Å²) in [6, 6.07) is 8.26. The topological polar surface area (TPSA) is 52.7 Å². The number of nitrogens with one attached hydrogen (secondary N) is 1. The molecule has 0 bridgehead atoms. The predicted molar refractivity (Wildman–Crippen MR) is 99.4 cm³/mol. The maximum atomic E-state index is 13.4.